The number of fused-ring (bicyclic) bond motifs is 2. The minimum absolute atomic E-state index is 0.224. The summed E-state index contributed by atoms with van der Waals surface area (Å²) < 4.78 is 29.9. The average molecular weight is 616 g/mol. The summed E-state index contributed by atoms with van der Waals surface area (Å²) in [6.45, 7) is 1.93. The van der Waals surface area contributed by atoms with Crippen LogP contribution in [0.15, 0.2) is 88.3 Å². The zero-order valence-electron chi connectivity index (χ0n) is 23.3. The fourth-order valence-electron chi connectivity index (χ4n) is 5.13. The van der Waals surface area contributed by atoms with Gasteiger partial charge in [-0.2, -0.15) is 9.46 Å². The van der Waals surface area contributed by atoms with Gasteiger partial charge in [-0.25, -0.2) is 18.9 Å². The fraction of sp³-hybridized carbons (Fsp3) is 0.133. The van der Waals surface area contributed by atoms with Crippen LogP contribution in [0.4, 0.5) is 11.5 Å². The van der Waals surface area contributed by atoms with Crippen LogP contribution < -0.4 is 16.0 Å². The summed E-state index contributed by atoms with van der Waals surface area (Å²) in [4.78, 5) is 22.8. The van der Waals surface area contributed by atoms with E-state index in [9.17, 15) is 9.00 Å². The third kappa shape index (κ3) is 4.99. The molecule has 0 spiro atoms. The van der Waals surface area contributed by atoms with Crippen LogP contribution in [0.2, 0.25) is 5.02 Å². The molecule has 0 fully saturated rings. The molecular formula is C30H26ClN7O4S. The molecule has 0 aliphatic carbocycles. The highest BCUT2D eigenvalue weighted by molar-refractivity contribution is 7.69. The average Bonchev–Trinajstić information content (AvgIpc) is 3.42. The van der Waals surface area contributed by atoms with E-state index < -0.39 is 16.9 Å². The summed E-state index contributed by atoms with van der Waals surface area (Å²) in [5.74, 6) is 0.633. The van der Waals surface area contributed by atoms with Gasteiger partial charge in [-0.1, -0.05) is 41.9 Å². The monoisotopic (exact) mass is 615 g/mol. The number of benzene rings is 3. The molecule has 3 aromatic heterocycles. The second-order valence-corrected chi connectivity index (χ2v) is 11.0. The Labute approximate surface area is 252 Å². The van der Waals surface area contributed by atoms with Crippen molar-refractivity contribution in [2.24, 2.45) is 4.36 Å². The van der Waals surface area contributed by atoms with Gasteiger partial charge in [-0.15, -0.1) is 0 Å². The van der Waals surface area contributed by atoms with Crippen LogP contribution in [0.1, 0.15) is 18.7 Å². The number of aromatic nitrogens is 5. The topological polar surface area (TPSA) is 140 Å². The van der Waals surface area contributed by atoms with Gasteiger partial charge in [0.2, 0.25) is 0 Å². The quantitative estimate of drug-likeness (QED) is 0.224. The van der Waals surface area contributed by atoms with Crippen molar-refractivity contribution in [2.75, 3.05) is 20.0 Å². The minimum Gasteiger partial charge on any atom is -0.494 e. The Bertz CT molecular complexity index is 2160. The molecule has 3 heterocycles. The molecule has 0 aliphatic rings. The maximum atomic E-state index is 14.0. The first kappa shape index (κ1) is 28.3. The fourth-order valence-corrected chi connectivity index (χ4v) is 5.80. The van der Waals surface area contributed by atoms with Crippen molar-refractivity contribution < 1.29 is 13.1 Å². The van der Waals surface area contributed by atoms with E-state index in [0.717, 1.165) is 0 Å². The van der Waals surface area contributed by atoms with E-state index in [4.69, 9.17) is 31.4 Å². The molecule has 0 saturated carbocycles. The molecule has 11 nitrogen and oxygen atoms in total. The van der Waals surface area contributed by atoms with Crippen molar-refractivity contribution in [3.63, 3.8) is 0 Å². The Balaban J connectivity index is 1.62. The molecule has 0 aliphatic heterocycles. The second-order valence-electron chi connectivity index (χ2n) is 9.58. The van der Waals surface area contributed by atoms with E-state index in [-0.39, 0.29) is 11.4 Å². The molecule has 3 aromatic carbocycles. The summed E-state index contributed by atoms with van der Waals surface area (Å²) in [5, 5.41) is 6.97. The number of thiol groups is 1. The highest BCUT2D eigenvalue weighted by Gasteiger charge is 2.25. The number of rotatable bonds is 7. The lowest BCUT2D eigenvalue weighted by Crippen LogP contribution is -2.26. The third-order valence-electron chi connectivity index (χ3n) is 7.15. The molecule has 2 atom stereocenters. The van der Waals surface area contributed by atoms with Gasteiger partial charge >= 0.3 is 0 Å². The smallest absolute Gasteiger partial charge is 0.264 e. The first-order chi connectivity index (χ1) is 20.8. The van der Waals surface area contributed by atoms with E-state index in [1.807, 2.05) is 55.5 Å². The second kappa shape index (κ2) is 11.5. The molecule has 13 heteroatoms. The number of nitrogens with two attached hydrogens (primary N) is 1. The summed E-state index contributed by atoms with van der Waals surface area (Å²) in [6, 6.07) is 21.3. The molecular weight excluding hydrogens is 590 g/mol. The Morgan fingerprint density at radius 2 is 1.79 bits per heavy atom. The number of ether oxygens (including phenoxy) is 1. The lowest BCUT2D eigenvalue weighted by Gasteiger charge is -2.21. The van der Waals surface area contributed by atoms with Gasteiger partial charge in [0, 0.05) is 11.3 Å². The Hall–Kier alpha value is -4.78. The predicted molar refractivity (Wildman–Crippen MR) is 169 cm³/mol. The molecule has 0 amide bonds. The Kier molecular flexibility index (Phi) is 7.57. The number of nitrogen functional groups attached to an aromatic ring is 1. The highest BCUT2D eigenvalue weighted by atomic mass is 35.5. The maximum absolute atomic E-state index is 14.0. The van der Waals surface area contributed by atoms with Gasteiger partial charge in [0.25, 0.3) is 5.56 Å². The van der Waals surface area contributed by atoms with Crippen LogP contribution >= 0.6 is 11.6 Å². The zero-order chi connectivity index (χ0) is 30.2. The molecule has 0 radical (unpaired) electrons. The third-order valence-corrected chi connectivity index (χ3v) is 8.16. The summed E-state index contributed by atoms with van der Waals surface area (Å²) in [5.41, 5.74) is 9.34. The lowest BCUT2D eigenvalue weighted by molar-refractivity contribution is 0.415. The van der Waals surface area contributed by atoms with Crippen LogP contribution in [-0.4, -0.2) is 42.7 Å². The van der Waals surface area contributed by atoms with E-state index in [1.54, 1.807) is 33.5 Å². The van der Waals surface area contributed by atoms with Gasteiger partial charge in [-0.05, 0) is 54.8 Å². The standard InChI is InChI=1S/C30H26ClN7O4S/c1-17(23-15-18-8-7-11-21(31)25(18)30(39)37(23)20-9-5-4-6-10-20)38-29-26(28(32)33-16-34-29)27(35-38)19-12-13-24(41-2)22(14-19)36-43(40)42-3/h4-17,43H,1-3H3,(H2,32,33,34). The first-order valence-corrected chi connectivity index (χ1v) is 14.6. The number of hydrogen-bond acceptors (Lipinski definition) is 9. The molecule has 2 N–H and O–H groups in total. The van der Waals surface area contributed by atoms with Crippen molar-refractivity contribution in [1.29, 1.82) is 0 Å². The zero-order valence-corrected chi connectivity index (χ0v) is 25.0. The van der Waals surface area contributed by atoms with Crippen LogP contribution in [-0.2, 0) is 15.1 Å². The van der Waals surface area contributed by atoms with E-state index >= 15 is 0 Å². The molecule has 43 heavy (non-hydrogen) atoms. The summed E-state index contributed by atoms with van der Waals surface area (Å²) in [7, 11) is 0.501. The van der Waals surface area contributed by atoms with Crippen molar-refractivity contribution >= 4 is 55.8 Å². The molecule has 218 valence electrons. The minimum atomic E-state index is -2.30. The van der Waals surface area contributed by atoms with Gasteiger partial charge in [0.05, 0.1) is 41.8 Å². The number of halogens is 1. The van der Waals surface area contributed by atoms with Gasteiger partial charge in [0.1, 0.15) is 29.3 Å². The van der Waals surface area contributed by atoms with Crippen LogP contribution in [0.25, 0.3) is 38.8 Å². The maximum Gasteiger partial charge on any atom is 0.264 e. The van der Waals surface area contributed by atoms with Crippen molar-refractivity contribution in [1.82, 2.24) is 24.3 Å². The number of nitrogens with zero attached hydrogens (tertiary/aromatic N) is 6. The summed E-state index contributed by atoms with van der Waals surface area (Å²) in [6.07, 6.45) is 1.37. The predicted octanol–water partition coefficient (Wildman–Crippen LogP) is 5.51. The van der Waals surface area contributed by atoms with Gasteiger partial charge in [-0.3, -0.25) is 13.5 Å². The first-order valence-electron chi connectivity index (χ1n) is 13.1. The van der Waals surface area contributed by atoms with Gasteiger partial charge < -0.3 is 10.5 Å². The number of methoxy groups -OCH3 is 1. The number of para-hydroxylation sites is 1. The summed E-state index contributed by atoms with van der Waals surface area (Å²) >= 11 is 6.51. The number of pyridine rings is 1. The van der Waals surface area contributed by atoms with Crippen LogP contribution in [0.5, 0.6) is 5.75 Å². The van der Waals surface area contributed by atoms with Crippen molar-refractivity contribution in [3.8, 4) is 22.7 Å². The molecule has 0 saturated heterocycles. The molecule has 6 rings (SSSR count). The molecule has 6 aromatic rings. The van der Waals surface area contributed by atoms with E-state index in [2.05, 4.69) is 14.3 Å². The lowest BCUT2D eigenvalue weighted by atomic mass is 10.1. The Morgan fingerprint density at radius 1 is 1.00 bits per heavy atom. The SMILES string of the molecule is COc1ccc(-c2nn(C(C)c3cc4cccc(Cl)c4c(=O)n3-c3ccccc3)c3ncnc(N)c23)cc1N=[SH](=O)OC. The molecule has 2 unspecified atom stereocenters. The van der Waals surface area contributed by atoms with Crippen LogP contribution in [0, 0.1) is 0 Å². The number of anilines is 1. The van der Waals surface area contributed by atoms with Crippen molar-refractivity contribution in [2.45, 2.75) is 13.0 Å². The van der Waals surface area contributed by atoms with E-state index in [1.165, 1.54) is 20.5 Å². The molecule has 0 bridgehead atoms. The highest BCUT2D eigenvalue weighted by Crippen LogP contribution is 2.38. The largest absolute Gasteiger partial charge is 0.494 e. The van der Waals surface area contributed by atoms with Crippen molar-refractivity contribution in [3.05, 3.63) is 100 Å². The number of hydrogen-bond donors (Lipinski definition) is 2. The van der Waals surface area contributed by atoms with E-state index in [0.29, 0.717) is 60.9 Å². The van der Waals surface area contributed by atoms with Crippen LogP contribution in [0.3, 0.4) is 0 Å². The Morgan fingerprint density at radius 3 is 2.53 bits per heavy atom. The normalized spacial score (nSPS) is 13.0. The van der Waals surface area contributed by atoms with Gasteiger partial charge in [0.15, 0.2) is 16.5 Å².